The number of benzene rings is 2. The van der Waals surface area contributed by atoms with Gasteiger partial charge in [0.1, 0.15) is 0 Å². The van der Waals surface area contributed by atoms with Crippen LogP contribution in [0.1, 0.15) is 24.2 Å². The molecule has 3 nitrogen and oxygen atoms in total. The lowest BCUT2D eigenvalue weighted by atomic mass is 10.1. The van der Waals surface area contributed by atoms with E-state index in [2.05, 4.69) is 47.6 Å². The van der Waals surface area contributed by atoms with Crippen molar-refractivity contribution < 1.29 is 0 Å². The summed E-state index contributed by atoms with van der Waals surface area (Å²) in [5.74, 6) is 0. The van der Waals surface area contributed by atoms with Gasteiger partial charge in [-0.25, -0.2) is 0 Å². The molecule has 0 spiro atoms. The molecule has 2 aromatic carbocycles. The van der Waals surface area contributed by atoms with Gasteiger partial charge in [0.25, 0.3) is 0 Å². The van der Waals surface area contributed by atoms with Crippen LogP contribution in [0.2, 0.25) is 0 Å². The van der Waals surface area contributed by atoms with Crippen LogP contribution in [0.15, 0.2) is 54.6 Å². The minimum absolute atomic E-state index is 0.220. The number of pyridine rings is 1. The Morgan fingerprint density at radius 3 is 2.57 bits per heavy atom. The molecule has 0 saturated heterocycles. The zero-order valence-corrected chi connectivity index (χ0v) is 12.3. The third-order valence-electron chi connectivity index (χ3n) is 3.63. The summed E-state index contributed by atoms with van der Waals surface area (Å²) in [7, 11) is 0. The minimum Gasteiger partial charge on any atom is -0.399 e. The molecule has 0 amide bonds. The molecule has 0 saturated carbocycles. The first-order chi connectivity index (χ1) is 10.1. The number of nitrogen functional groups attached to an aromatic ring is 1. The zero-order valence-electron chi connectivity index (χ0n) is 12.3. The van der Waals surface area contributed by atoms with Crippen LogP contribution in [0.25, 0.3) is 10.9 Å². The lowest BCUT2D eigenvalue weighted by Crippen LogP contribution is -2.07. The number of hydrogen-bond donors (Lipinski definition) is 2. The predicted octanol–water partition coefficient (Wildman–Crippen LogP) is 4.30. The van der Waals surface area contributed by atoms with Gasteiger partial charge in [0.15, 0.2) is 0 Å². The Morgan fingerprint density at radius 2 is 1.81 bits per heavy atom. The van der Waals surface area contributed by atoms with Gasteiger partial charge in [-0.2, -0.15) is 0 Å². The highest BCUT2D eigenvalue weighted by Gasteiger charge is 2.09. The smallest absolute Gasteiger partial charge is 0.0727 e. The zero-order chi connectivity index (χ0) is 14.8. The highest BCUT2D eigenvalue weighted by Crippen LogP contribution is 2.28. The molecular formula is C18H19N3. The Kier molecular flexibility index (Phi) is 3.48. The molecule has 0 radical (unpaired) electrons. The normalized spacial score (nSPS) is 12.3. The van der Waals surface area contributed by atoms with Crippen molar-refractivity contribution in [2.75, 3.05) is 11.1 Å². The Bertz CT molecular complexity index is 766. The fourth-order valence-electron chi connectivity index (χ4n) is 2.55. The van der Waals surface area contributed by atoms with Gasteiger partial charge in [0.05, 0.1) is 5.52 Å². The van der Waals surface area contributed by atoms with E-state index in [1.165, 1.54) is 5.56 Å². The number of nitrogens with zero attached hydrogens (tertiary/aromatic N) is 1. The molecule has 106 valence electrons. The lowest BCUT2D eigenvalue weighted by Gasteiger charge is -2.18. The Labute approximate surface area is 124 Å². The molecule has 3 N–H and O–H groups in total. The predicted molar refractivity (Wildman–Crippen MR) is 89.4 cm³/mol. The SMILES string of the molecule is Cc1cc(NC(C)c2ccccc2)c2cc(N)ccc2n1. The van der Waals surface area contributed by atoms with Gasteiger partial charge in [-0.05, 0) is 43.7 Å². The monoisotopic (exact) mass is 277 g/mol. The van der Waals surface area contributed by atoms with Crippen molar-refractivity contribution >= 4 is 22.3 Å². The number of fused-ring (bicyclic) bond motifs is 1. The molecular weight excluding hydrogens is 258 g/mol. The topological polar surface area (TPSA) is 50.9 Å². The van der Waals surface area contributed by atoms with E-state index in [9.17, 15) is 0 Å². The van der Waals surface area contributed by atoms with Gasteiger partial charge < -0.3 is 11.1 Å². The van der Waals surface area contributed by atoms with E-state index in [0.717, 1.165) is 28.0 Å². The van der Waals surface area contributed by atoms with Crippen molar-refractivity contribution in [1.82, 2.24) is 4.98 Å². The van der Waals surface area contributed by atoms with E-state index in [4.69, 9.17) is 5.73 Å². The van der Waals surface area contributed by atoms with Crippen molar-refractivity contribution in [3.8, 4) is 0 Å². The number of rotatable bonds is 3. The molecule has 1 aromatic heterocycles. The molecule has 0 aliphatic heterocycles. The summed E-state index contributed by atoms with van der Waals surface area (Å²) in [5, 5.41) is 4.63. The maximum atomic E-state index is 5.92. The molecule has 3 rings (SSSR count). The van der Waals surface area contributed by atoms with E-state index in [0.29, 0.717) is 0 Å². The summed E-state index contributed by atoms with van der Waals surface area (Å²) in [4.78, 5) is 4.56. The van der Waals surface area contributed by atoms with Gasteiger partial charge in [0, 0.05) is 28.5 Å². The first kappa shape index (κ1) is 13.4. The van der Waals surface area contributed by atoms with E-state index in [1.807, 2.05) is 31.2 Å². The van der Waals surface area contributed by atoms with Crippen molar-refractivity contribution in [3.05, 3.63) is 65.9 Å². The molecule has 1 atom stereocenters. The van der Waals surface area contributed by atoms with Crippen LogP contribution < -0.4 is 11.1 Å². The van der Waals surface area contributed by atoms with Crippen LogP contribution >= 0.6 is 0 Å². The number of nitrogens with two attached hydrogens (primary N) is 1. The van der Waals surface area contributed by atoms with Crippen LogP contribution in [0.4, 0.5) is 11.4 Å². The summed E-state index contributed by atoms with van der Waals surface area (Å²) in [6.45, 7) is 4.16. The van der Waals surface area contributed by atoms with Crippen LogP contribution in [0.5, 0.6) is 0 Å². The molecule has 1 unspecified atom stereocenters. The number of aromatic nitrogens is 1. The second kappa shape index (κ2) is 5.44. The first-order valence-corrected chi connectivity index (χ1v) is 7.12. The maximum Gasteiger partial charge on any atom is 0.0727 e. The van der Waals surface area contributed by atoms with Gasteiger partial charge >= 0.3 is 0 Å². The average Bonchev–Trinajstić information content (AvgIpc) is 2.49. The molecule has 0 aliphatic rings. The van der Waals surface area contributed by atoms with Crippen LogP contribution in [0, 0.1) is 6.92 Å². The summed E-state index contributed by atoms with van der Waals surface area (Å²) in [5.41, 5.74) is 11.0. The van der Waals surface area contributed by atoms with Gasteiger partial charge in [-0.1, -0.05) is 30.3 Å². The number of anilines is 2. The van der Waals surface area contributed by atoms with E-state index in [1.54, 1.807) is 0 Å². The van der Waals surface area contributed by atoms with Gasteiger partial charge in [-0.15, -0.1) is 0 Å². The molecule has 0 fully saturated rings. The fourth-order valence-corrected chi connectivity index (χ4v) is 2.55. The molecule has 0 bridgehead atoms. The molecule has 3 heteroatoms. The summed E-state index contributed by atoms with van der Waals surface area (Å²) in [6.07, 6.45) is 0. The second-order valence-corrected chi connectivity index (χ2v) is 5.36. The maximum absolute atomic E-state index is 5.92. The minimum atomic E-state index is 0.220. The fraction of sp³-hybridized carbons (Fsp3) is 0.167. The third-order valence-corrected chi connectivity index (χ3v) is 3.63. The largest absolute Gasteiger partial charge is 0.399 e. The van der Waals surface area contributed by atoms with Crippen molar-refractivity contribution in [1.29, 1.82) is 0 Å². The summed E-state index contributed by atoms with van der Waals surface area (Å²) >= 11 is 0. The van der Waals surface area contributed by atoms with Crippen molar-refractivity contribution in [2.24, 2.45) is 0 Å². The standard InChI is InChI=1S/C18H19N3/c1-12-10-18(16-11-15(19)8-9-17(16)20-12)21-13(2)14-6-4-3-5-7-14/h3-11,13H,19H2,1-2H3,(H,20,21). The van der Waals surface area contributed by atoms with Gasteiger partial charge in [0.2, 0.25) is 0 Å². The summed E-state index contributed by atoms with van der Waals surface area (Å²) < 4.78 is 0. The van der Waals surface area contributed by atoms with Crippen molar-refractivity contribution in [3.63, 3.8) is 0 Å². The van der Waals surface area contributed by atoms with E-state index < -0.39 is 0 Å². The lowest BCUT2D eigenvalue weighted by molar-refractivity contribution is 0.886. The quantitative estimate of drug-likeness (QED) is 0.702. The molecule has 0 aliphatic carbocycles. The number of aryl methyl sites for hydroxylation is 1. The van der Waals surface area contributed by atoms with Crippen LogP contribution in [-0.4, -0.2) is 4.98 Å². The average molecular weight is 277 g/mol. The molecule has 3 aromatic rings. The van der Waals surface area contributed by atoms with E-state index in [-0.39, 0.29) is 6.04 Å². The highest BCUT2D eigenvalue weighted by atomic mass is 14.9. The Balaban J connectivity index is 2.02. The van der Waals surface area contributed by atoms with Crippen LogP contribution in [0.3, 0.4) is 0 Å². The second-order valence-electron chi connectivity index (χ2n) is 5.36. The highest BCUT2D eigenvalue weighted by molar-refractivity contribution is 5.93. The Morgan fingerprint density at radius 1 is 1.05 bits per heavy atom. The van der Waals surface area contributed by atoms with Crippen molar-refractivity contribution in [2.45, 2.75) is 19.9 Å². The Hall–Kier alpha value is -2.55. The van der Waals surface area contributed by atoms with Crippen LogP contribution in [-0.2, 0) is 0 Å². The molecule has 1 heterocycles. The third kappa shape index (κ3) is 2.82. The number of hydrogen-bond acceptors (Lipinski definition) is 3. The molecule has 21 heavy (non-hydrogen) atoms. The van der Waals surface area contributed by atoms with E-state index >= 15 is 0 Å². The number of nitrogens with one attached hydrogen (secondary N) is 1. The van der Waals surface area contributed by atoms with Gasteiger partial charge in [-0.3, -0.25) is 4.98 Å². The summed E-state index contributed by atoms with van der Waals surface area (Å²) in [6, 6.07) is 18.5. The first-order valence-electron chi connectivity index (χ1n) is 7.12.